The minimum absolute atomic E-state index is 0.109. The predicted octanol–water partition coefficient (Wildman–Crippen LogP) is 1.26. The third-order valence-corrected chi connectivity index (χ3v) is 3.02. The van der Waals surface area contributed by atoms with Gasteiger partial charge in [-0.3, -0.25) is 4.79 Å². The maximum Gasteiger partial charge on any atom is 0.258 e. The zero-order valence-electron chi connectivity index (χ0n) is 11.0. The van der Waals surface area contributed by atoms with Crippen molar-refractivity contribution in [2.24, 2.45) is 0 Å². The Balaban J connectivity index is 2.45. The van der Waals surface area contributed by atoms with Crippen molar-refractivity contribution in [2.45, 2.75) is 13.0 Å². The largest absolute Gasteiger partial charge is 0.483 e. The smallest absolute Gasteiger partial charge is 0.258 e. The van der Waals surface area contributed by atoms with Gasteiger partial charge in [-0.15, -0.1) is 0 Å². The third kappa shape index (κ3) is 5.59. The summed E-state index contributed by atoms with van der Waals surface area (Å²) in [4.78, 5) is 11.6. The average Bonchev–Trinajstić information content (AvgIpc) is 2.37. The molecule has 5 nitrogen and oxygen atoms in total. The molecule has 1 rings (SSSR count). The van der Waals surface area contributed by atoms with Crippen molar-refractivity contribution >= 4 is 21.8 Å². The van der Waals surface area contributed by atoms with E-state index < -0.39 is 6.04 Å². The number of aliphatic hydroxyl groups is 1. The van der Waals surface area contributed by atoms with Crippen LogP contribution in [0, 0.1) is 6.92 Å². The Labute approximate surface area is 121 Å². The molecule has 0 aliphatic rings. The van der Waals surface area contributed by atoms with E-state index in [2.05, 4.69) is 21.2 Å². The van der Waals surface area contributed by atoms with Gasteiger partial charge in [-0.1, -0.05) is 6.07 Å². The number of amides is 1. The molecule has 0 radical (unpaired) electrons. The Morgan fingerprint density at radius 2 is 2.26 bits per heavy atom. The standard InChI is InChI=1S/C13H18BrNO4/c1-9-3-4-12(11(14)5-9)19-8-13(17)15-10(6-16)7-18-2/h3-5,10,16H,6-8H2,1-2H3,(H,15,17). The number of hydrogen-bond donors (Lipinski definition) is 2. The molecule has 106 valence electrons. The second-order valence-corrected chi connectivity index (χ2v) is 4.98. The summed E-state index contributed by atoms with van der Waals surface area (Å²) < 4.78 is 11.1. The van der Waals surface area contributed by atoms with Crippen LogP contribution in [0.1, 0.15) is 5.56 Å². The monoisotopic (exact) mass is 331 g/mol. The van der Waals surface area contributed by atoms with Gasteiger partial charge in [0.25, 0.3) is 5.91 Å². The molecule has 2 N–H and O–H groups in total. The first-order valence-electron chi connectivity index (χ1n) is 5.85. The van der Waals surface area contributed by atoms with Gasteiger partial charge in [-0.05, 0) is 40.5 Å². The number of carbonyl (C=O) groups is 1. The number of carbonyl (C=O) groups excluding carboxylic acids is 1. The summed E-state index contributed by atoms with van der Waals surface area (Å²) >= 11 is 3.37. The summed E-state index contributed by atoms with van der Waals surface area (Å²) in [6, 6.07) is 5.20. The molecule has 0 aliphatic carbocycles. The molecule has 0 saturated carbocycles. The number of aliphatic hydroxyl groups excluding tert-OH is 1. The highest BCUT2D eigenvalue weighted by Gasteiger charge is 2.12. The summed E-state index contributed by atoms with van der Waals surface area (Å²) in [5, 5.41) is 11.6. The van der Waals surface area contributed by atoms with Gasteiger partial charge in [-0.2, -0.15) is 0 Å². The summed E-state index contributed by atoms with van der Waals surface area (Å²) in [6.07, 6.45) is 0. The second kappa shape index (κ2) is 8.14. The molecule has 0 heterocycles. The fourth-order valence-electron chi connectivity index (χ4n) is 1.48. The number of aryl methyl sites for hydroxylation is 1. The van der Waals surface area contributed by atoms with Crippen LogP contribution in [-0.2, 0) is 9.53 Å². The first-order chi connectivity index (χ1) is 9.06. The Bertz CT molecular complexity index is 425. The maximum atomic E-state index is 11.6. The van der Waals surface area contributed by atoms with Crippen LogP contribution in [0.4, 0.5) is 0 Å². The Morgan fingerprint density at radius 1 is 1.53 bits per heavy atom. The molecule has 0 fully saturated rings. The average molecular weight is 332 g/mol. The van der Waals surface area contributed by atoms with Crippen molar-refractivity contribution in [3.05, 3.63) is 28.2 Å². The molecule has 0 spiro atoms. The van der Waals surface area contributed by atoms with E-state index in [9.17, 15) is 4.79 Å². The lowest BCUT2D eigenvalue weighted by Gasteiger charge is -2.15. The lowest BCUT2D eigenvalue weighted by molar-refractivity contribution is -0.124. The van der Waals surface area contributed by atoms with Crippen LogP contribution < -0.4 is 10.1 Å². The fourth-order valence-corrected chi connectivity index (χ4v) is 2.08. The molecule has 6 heteroatoms. The number of benzene rings is 1. The van der Waals surface area contributed by atoms with Gasteiger partial charge >= 0.3 is 0 Å². The summed E-state index contributed by atoms with van der Waals surface area (Å²) in [6.45, 7) is 1.95. The number of ether oxygens (including phenoxy) is 2. The molecule has 1 atom stereocenters. The van der Waals surface area contributed by atoms with Crippen LogP contribution in [0.25, 0.3) is 0 Å². The van der Waals surface area contributed by atoms with Crippen molar-refractivity contribution in [3.8, 4) is 5.75 Å². The number of rotatable bonds is 7. The van der Waals surface area contributed by atoms with Gasteiger partial charge in [0.05, 0.1) is 23.7 Å². The first-order valence-corrected chi connectivity index (χ1v) is 6.64. The van der Waals surface area contributed by atoms with Crippen LogP contribution in [0.15, 0.2) is 22.7 Å². The molecule has 1 unspecified atom stereocenters. The minimum atomic E-state index is -0.414. The van der Waals surface area contributed by atoms with Gasteiger partial charge < -0.3 is 19.9 Å². The quantitative estimate of drug-likeness (QED) is 0.789. The lowest BCUT2D eigenvalue weighted by Crippen LogP contribution is -2.42. The number of methoxy groups -OCH3 is 1. The van der Waals surface area contributed by atoms with Crippen molar-refractivity contribution < 1.29 is 19.4 Å². The van der Waals surface area contributed by atoms with Crippen LogP contribution in [-0.4, -0.2) is 44.0 Å². The summed E-state index contributed by atoms with van der Waals surface area (Å²) in [5.74, 6) is 0.302. The summed E-state index contributed by atoms with van der Waals surface area (Å²) in [7, 11) is 1.51. The van der Waals surface area contributed by atoms with Gasteiger partial charge in [0.2, 0.25) is 0 Å². The van der Waals surface area contributed by atoms with E-state index >= 15 is 0 Å². The first kappa shape index (κ1) is 15.9. The van der Waals surface area contributed by atoms with Crippen molar-refractivity contribution in [3.63, 3.8) is 0 Å². The van der Waals surface area contributed by atoms with Gasteiger partial charge in [0.1, 0.15) is 5.75 Å². The molecule has 0 aromatic heterocycles. The predicted molar refractivity (Wildman–Crippen MR) is 75.3 cm³/mol. The van der Waals surface area contributed by atoms with Gasteiger partial charge in [0, 0.05) is 7.11 Å². The normalized spacial score (nSPS) is 12.0. The van der Waals surface area contributed by atoms with E-state index in [0.717, 1.165) is 10.0 Å². The summed E-state index contributed by atoms with van der Waals surface area (Å²) in [5.41, 5.74) is 1.10. The topological polar surface area (TPSA) is 67.8 Å². The molecule has 0 saturated heterocycles. The Hall–Kier alpha value is -1.11. The van der Waals surface area contributed by atoms with Gasteiger partial charge in [-0.25, -0.2) is 0 Å². The Morgan fingerprint density at radius 3 is 2.84 bits per heavy atom. The molecule has 1 amide bonds. The third-order valence-electron chi connectivity index (χ3n) is 2.40. The van der Waals surface area contributed by atoms with E-state index in [0.29, 0.717) is 5.75 Å². The second-order valence-electron chi connectivity index (χ2n) is 4.12. The fraction of sp³-hybridized carbons (Fsp3) is 0.462. The van der Waals surface area contributed by atoms with E-state index in [1.807, 2.05) is 19.1 Å². The molecule has 0 bridgehead atoms. The van der Waals surface area contributed by atoms with E-state index in [4.69, 9.17) is 14.6 Å². The number of halogens is 1. The van der Waals surface area contributed by atoms with Crippen LogP contribution in [0.3, 0.4) is 0 Å². The molecular formula is C13H18BrNO4. The van der Waals surface area contributed by atoms with E-state index in [1.54, 1.807) is 6.07 Å². The van der Waals surface area contributed by atoms with Crippen LogP contribution in [0.2, 0.25) is 0 Å². The highest BCUT2D eigenvalue weighted by Crippen LogP contribution is 2.25. The van der Waals surface area contributed by atoms with Gasteiger partial charge in [0.15, 0.2) is 6.61 Å². The van der Waals surface area contributed by atoms with Crippen LogP contribution >= 0.6 is 15.9 Å². The molecular weight excluding hydrogens is 314 g/mol. The molecule has 19 heavy (non-hydrogen) atoms. The van der Waals surface area contributed by atoms with E-state index in [-0.39, 0.29) is 25.7 Å². The van der Waals surface area contributed by atoms with Crippen molar-refractivity contribution in [1.82, 2.24) is 5.32 Å². The zero-order valence-corrected chi connectivity index (χ0v) is 12.6. The SMILES string of the molecule is COCC(CO)NC(=O)COc1ccc(C)cc1Br. The maximum absolute atomic E-state index is 11.6. The zero-order chi connectivity index (χ0) is 14.3. The van der Waals surface area contributed by atoms with Crippen molar-refractivity contribution in [2.75, 3.05) is 26.9 Å². The number of hydrogen-bond acceptors (Lipinski definition) is 4. The number of nitrogens with one attached hydrogen (secondary N) is 1. The Kier molecular flexibility index (Phi) is 6.83. The molecule has 1 aromatic rings. The highest BCUT2D eigenvalue weighted by atomic mass is 79.9. The lowest BCUT2D eigenvalue weighted by atomic mass is 10.2. The minimum Gasteiger partial charge on any atom is -0.483 e. The molecule has 0 aliphatic heterocycles. The van der Waals surface area contributed by atoms with Crippen molar-refractivity contribution in [1.29, 1.82) is 0 Å². The van der Waals surface area contributed by atoms with E-state index in [1.165, 1.54) is 7.11 Å². The molecule has 1 aromatic carbocycles. The van der Waals surface area contributed by atoms with Crippen LogP contribution in [0.5, 0.6) is 5.75 Å². The highest BCUT2D eigenvalue weighted by molar-refractivity contribution is 9.10.